The molecule has 1 N–H and O–H groups in total. The van der Waals surface area contributed by atoms with Gasteiger partial charge < -0.3 is 10.1 Å². The number of nitrogens with one attached hydrogen (secondary N) is 1. The fourth-order valence-corrected chi connectivity index (χ4v) is 2.02. The van der Waals surface area contributed by atoms with E-state index in [0.29, 0.717) is 5.69 Å². The smallest absolute Gasteiger partial charge is 0.310 e. The van der Waals surface area contributed by atoms with Gasteiger partial charge in [-0.15, -0.1) is 0 Å². The lowest BCUT2D eigenvalue weighted by molar-refractivity contribution is -0.147. The van der Waals surface area contributed by atoms with Crippen molar-refractivity contribution in [2.75, 3.05) is 5.32 Å². The van der Waals surface area contributed by atoms with Gasteiger partial charge in [-0.25, -0.2) is 0 Å². The first-order valence-corrected chi connectivity index (χ1v) is 7.00. The van der Waals surface area contributed by atoms with E-state index in [0.717, 1.165) is 11.1 Å². The molecule has 0 spiro atoms. The van der Waals surface area contributed by atoms with Crippen LogP contribution in [0.25, 0.3) is 0 Å². The number of ether oxygens (including phenoxy) is 1. The van der Waals surface area contributed by atoms with E-state index in [1.165, 1.54) is 6.92 Å². The Morgan fingerprint density at radius 3 is 2.36 bits per heavy atom. The molecule has 1 aromatic carbocycles. The highest BCUT2D eigenvalue weighted by molar-refractivity contribution is 5.88. The molecule has 114 valence electrons. The number of pyridine rings is 1. The molecule has 0 aliphatic heterocycles. The van der Waals surface area contributed by atoms with E-state index >= 15 is 0 Å². The zero-order chi connectivity index (χ0) is 15.9. The number of nitrogens with zero attached hydrogens (tertiary/aromatic N) is 1. The number of carbonyl (C=O) groups excluding carboxylic acids is 2. The molecule has 0 bridgehead atoms. The number of anilines is 1. The molecule has 5 heteroatoms. The number of rotatable bonds is 5. The Labute approximate surface area is 129 Å². The van der Waals surface area contributed by atoms with Gasteiger partial charge in [0.15, 0.2) is 0 Å². The van der Waals surface area contributed by atoms with Gasteiger partial charge in [-0.3, -0.25) is 14.6 Å². The Bertz CT molecular complexity index is 639. The Kier molecular flexibility index (Phi) is 5.25. The van der Waals surface area contributed by atoms with E-state index in [1.807, 2.05) is 19.1 Å². The van der Waals surface area contributed by atoms with Crippen LogP contribution in [0.4, 0.5) is 5.69 Å². The van der Waals surface area contributed by atoms with E-state index in [1.54, 1.807) is 36.7 Å². The maximum Gasteiger partial charge on any atom is 0.310 e. The largest absolute Gasteiger partial charge is 0.458 e. The first-order valence-electron chi connectivity index (χ1n) is 7.00. The molecule has 2 rings (SSSR count). The van der Waals surface area contributed by atoms with Crippen molar-refractivity contribution in [3.05, 3.63) is 59.9 Å². The van der Waals surface area contributed by atoms with Crippen molar-refractivity contribution in [1.29, 1.82) is 0 Å². The Morgan fingerprint density at radius 1 is 1.14 bits per heavy atom. The molecule has 0 radical (unpaired) electrons. The summed E-state index contributed by atoms with van der Waals surface area (Å²) in [5.74, 6) is -0.421. The monoisotopic (exact) mass is 298 g/mol. The molecule has 0 aliphatic rings. The second-order valence-electron chi connectivity index (χ2n) is 4.97. The van der Waals surface area contributed by atoms with Gasteiger partial charge in [-0.1, -0.05) is 12.1 Å². The summed E-state index contributed by atoms with van der Waals surface area (Å²) in [7, 11) is 0. The minimum Gasteiger partial charge on any atom is -0.458 e. The first-order chi connectivity index (χ1) is 10.5. The normalized spacial score (nSPS) is 11.5. The third-order valence-electron chi connectivity index (χ3n) is 3.11. The van der Waals surface area contributed by atoms with Gasteiger partial charge in [0.2, 0.25) is 5.91 Å². The van der Waals surface area contributed by atoms with Gasteiger partial charge in [0.05, 0.1) is 6.42 Å². The molecule has 0 saturated carbocycles. The number of hydrogen-bond donors (Lipinski definition) is 1. The zero-order valence-electron chi connectivity index (χ0n) is 12.6. The van der Waals surface area contributed by atoms with E-state index in [4.69, 9.17) is 4.74 Å². The third kappa shape index (κ3) is 4.70. The molecule has 5 nitrogen and oxygen atoms in total. The Hall–Kier alpha value is -2.69. The fraction of sp³-hybridized carbons (Fsp3) is 0.235. The maximum atomic E-state index is 12.0. The number of aromatic nitrogens is 1. The number of amides is 1. The summed E-state index contributed by atoms with van der Waals surface area (Å²) in [6.07, 6.45) is 3.21. The van der Waals surface area contributed by atoms with Gasteiger partial charge in [0.25, 0.3) is 0 Å². The highest BCUT2D eigenvalue weighted by Crippen LogP contribution is 2.17. The highest BCUT2D eigenvalue weighted by Gasteiger charge is 2.12. The van der Waals surface area contributed by atoms with Crippen molar-refractivity contribution in [3.8, 4) is 0 Å². The lowest BCUT2D eigenvalue weighted by Crippen LogP contribution is -2.11. The number of carbonyl (C=O) groups is 2. The van der Waals surface area contributed by atoms with Gasteiger partial charge >= 0.3 is 5.97 Å². The number of benzene rings is 1. The Balaban J connectivity index is 1.90. The summed E-state index contributed by atoms with van der Waals surface area (Å²) in [5.41, 5.74) is 2.44. The van der Waals surface area contributed by atoms with Crippen LogP contribution in [0.1, 0.15) is 31.1 Å². The lowest BCUT2D eigenvalue weighted by atomic mass is 10.1. The highest BCUT2D eigenvalue weighted by atomic mass is 16.5. The molecule has 1 atom stereocenters. The molecule has 0 fully saturated rings. The van der Waals surface area contributed by atoms with Crippen LogP contribution in [0, 0.1) is 0 Å². The fourth-order valence-electron chi connectivity index (χ4n) is 2.02. The maximum absolute atomic E-state index is 12.0. The summed E-state index contributed by atoms with van der Waals surface area (Å²) in [6.45, 7) is 3.28. The van der Waals surface area contributed by atoms with Gasteiger partial charge in [-0.2, -0.15) is 0 Å². The van der Waals surface area contributed by atoms with E-state index in [2.05, 4.69) is 10.3 Å². The van der Waals surface area contributed by atoms with Gasteiger partial charge in [0.1, 0.15) is 6.10 Å². The average molecular weight is 298 g/mol. The molecule has 2 aromatic rings. The number of esters is 1. The van der Waals surface area contributed by atoms with E-state index in [9.17, 15) is 9.59 Å². The SMILES string of the molecule is CC(=O)Nc1ccc(CC(=O)OC(C)c2ccncc2)cc1. The molecule has 0 saturated heterocycles. The van der Waals surface area contributed by atoms with Crippen LogP contribution in [0.3, 0.4) is 0 Å². The topological polar surface area (TPSA) is 68.3 Å². The molecular weight excluding hydrogens is 280 g/mol. The van der Waals surface area contributed by atoms with Crippen molar-refractivity contribution in [2.45, 2.75) is 26.4 Å². The van der Waals surface area contributed by atoms with E-state index in [-0.39, 0.29) is 24.4 Å². The summed E-state index contributed by atoms with van der Waals surface area (Å²) >= 11 is 0. The summed E-state index contributed by atoms with van der Waals surface area (Å²) in [5, 5.41) is 2.68. The summed E-state index contributed by atoms with van der Waals surface area (Å²) in [6, 6.07) is 10.8. The molecule has 0 aliphatic carbocycles. The quantitative estimate of drug-likeness (QED) is 0.862. The molecule has 1 heterocycles. The average Bonchev–Trinajstić information content (AvgIpc) is 2.49. The second-order valence-corrected chi connectivity index (χ2v) is 4.97. The van der Waals surface area contributed by atoms with Crippen molar-refractivity contribution in [2.24, 2.45) is 0 Å². The molecule has 1 aromatic heterocycles. The van der Waals surface area contributed by atoms with Crippen molar-refractivity contribution in [1.82, 2.24) is 4.98 Å². The molecule has 1 unspecified atom stereocenters. The zero-order valence-corrected chi connectivity index (χ0v) is 12.6. The minimum atomic E-state index is -0.311. The number of hydrogen-bond acceptors (Lipinski definition) is 4. The molecule has 1 amide bonds. The summed E-state index contributed by atoms with van der Waals surface area (Å²) in [4.78, 5) is 26.8. The summed E-state index contributed by atoms with van der Waals surface area (Å²) < 4.78 is 5.40. The Morgan fingerprint density at radius 2 is 1.77 bits per heavy atom. The molecule has 22 heavy (non-hydrogen) atoms. The predicted molar refractivity (Wildman–Crippen MR) is 83.2 cm³/mol. The predicted octanol–water partition coefficient (Wildman–Crippen LogP) is 2.89. The van der Waals surface area contributed by atoms with Gasteiger partial charge in [-0.05, 0) is 42.3 Å². The van der Waals surface area contributed by atoms with Crippen LogP contribution in [-0.2, 0) is 20.7 Å². The van der Waals surface area contributed by atoms with Crippen LogP contribution in [0.2, 0.25) is 0 Å². The first kappa shape index (κ1) is 15.7. The van der Waals surface area contributed by atoms with Crippen LogP contribution in [-0.4, -0.2) is 16.9 Å². The van der Waals surface area contributed by atoms with Crippen LogP contribution >= 0.6 is 0 Å². The van der Waals surface area contributed by atoms with Crippen LogP contribution in [0.15, 0.2) is 48.8 Å². The van der Waals surface area contributed by atoms with Crippen LogP contribution in [0.5, 0.6) is 0 Å². The lowest BCUT2D eigenvalue weighted by Gasteiger charge is -2.13. The van der Waals surface area contributed by atoms with Gasteiger partial charge in [0, 0.05) is 25.0 Å². The van der Waals surface area contributed by atoms with Crippen molar-refractivity contribution >= 4 is 17.6 Å². The second kappa shape index (κ2) is 7.36. The van der Waals surface area contributed by atoms with E-state index < -0.39 is 0 Å². The van der Waals surface area contributed by atoms with Crippen molar-refractivity contribution in [3.63, 3.8) is 0 Å². The standard InChI is InChI=1S/C17H18N2O3/c1-12(15-7-9-18-10-8-15)22-17(21)11-14-3-5-16(6-4-14)19-13(2)20/h3-10,12H,11H2,1-2H3,(H,19,20). The minimum absolute atomic E-state index is 0.127. The van der Waals surface area contributed by atoms with Crippen LogP contribution < -0.4 is 5.32 Å². The molecular formula is C17H18N2O3. The van der Waals surface area contributed by atoms with Crippen molar-refractivity contribution < 1.29 is 14.3 Å². The third-order valence-corrected chi connectivity index (χ3v) is 3.11.